The fourth-order valence-corrected chi connectivity index (χ4v) is 4.36. The lowest BCUT2D eigenvalue weighted by atomic mass is 10.0. The van der Waals surface area contributed by atoms with E-state index in [0.29, 0.717) is 30.3 Å². The zero-order chi connectivity index (χ0) is 18.6. The van der Waals surface area contributed by atoms with E-state index >= 15 is 0 Å². The maximum atomic E-state index is 13.0. The lowest BCUT2D eigenvalue weighted by Crippen LogP contribution is -2.48. The minimum absolute atomic E-state index is 0.112. The van der Waals surface area contributed by atoms with Gasteiger partial charge in [0.1, 0.15) is 0 Å². The normalized spacial score (nSPS) is 14.5. The summed E-state index contributed by atoms with van der Waals surface area (Å²) >= 11 is 0. The molecule has 1 aliphatic rings. The first kappa shape index (κ1) is 18.4. The third kappa shape index (κ3) is 3.89. The van der Waals surface area contributed by atoms with E-state index < -0.39 is 10.0 Å². The van der Waals surface area contributed by atoms with E-state index in [1.54, 1.807) is 43.3 Å². The molecule has 1 saturated heterocycles. The van der Waals surface area contributed by atoms with Crippen LogP contribution in [0.5, 0.6) is 0 Å². The first-order valence-corrected chi connectivity index (χ1v) is 10.1. The zero-order valence-corrected chi connectivity index (χ0v) is 15.5. The largest absolute Gasteiger partial charge is 0.352 e. The van der Waals surface area contributed by atoms with Gasteiger partial charge in [0.2, 0.25) is 0 Å². The van der Waals surface area contributed by atoms with Crippen molar-refractivity contribution in [3.8, 4) is 0 Å². The lowest BCUT2D eigenvalue weighted by molar-refractivity contribution is 0.0942. The monoisotopic (exact) mass is 373 g/mol. The van der Waals surface area contributed by atoms with Gasteiger partial charge in [-0.15, -0.1) is 0 Å². The average molecular weight is 373 g/mol. The maximum Gasteiger partial charge on any atom is 0.264 e. The van der Waals surface area contributed by atoms with E-state index in [2.05, 4.69) is 10.6 Å². The first-order valence-electron chi connectivity index (χ1n) is 8.69. The Morgan fingerprint density at radius 3 is 2.50 bits per heavy atom. The van der Waals surface area contributed by atoms with Gasteiger partial charge >= 0.3 is 0 Å². The molecule has 138 valence electrons. The quantitative estimate of drug-likeness (QED) is 0.776. The first-order chi connectivity index (χ1) is 12.5. The van der Waals surface area contributed by atoms with Gasteiger partial charge in [-0.3, -0.25) is 9.10 Å². The van der Waals surface area contributed by atoms with Gasteiger partial charge in [-0.05, 0) is 37.3 Å². The number of carbonyl (C=O) groups is 1. The molecule has 0 atom stereocenters. The number of hydrogen-bond donors (Lipinski definition) is 2. The second-order valence-electron chi connectivity index (χ2n) is 6.27. The van der Waals surface area contributed by atoms with Crippen LogP contribution in [-0.4, -0.2) is 40.5 Å². The van der Waals surface area contributed by atoms with Crippen molar-refractivity contribution in [2.45, 2.75) is 11.8 Å². The smallest absolute Gasteiger partial charge is 0.264 e. The molecule has 2 aromatic rings. The fourth-order valence-electron chi connectivity index (χ4n) is 2.84. The molecule has 0 radical (unpaired) electrons. The van der Waals surface area contributed by atoms with E-state index in [-0.39, 0.29) is 10.8 Å². The second kappa shape index (κ2) is 7.88. The van der Waals surface area contributed by atoms with Gasteiger partial charge in [0.25, 0.3) is 15.9 Å². The molecule has 2 N–H and O–H groups in total. The van der Waals surface area contributed by atoms with Crippen LogP contribution in [0.1, 0.15) is 17.3 Å². The zero-order valence-electron chi connectivity index (χ0n) is 14.7. The Morgan fingerprint density at radius 2 is 1.88 bits per heavy atom. The Labute approximate surface area is 154 Å². The second-order valence-corrected chi connectivity index (χ2v) is 8.13. The van der Waals surface area contributed by atoms with E-state index in [4.69, 9.17) is 0 Å². The highest BCUT2D eigenvalue weighted by Gasteiger charge is 2.24. The van der Waals surface area contributed by atoms with E-state index in [1.807, 2.05) is 6.07 Å². The molecule has 1 heterocycles. The van der Waals surface area contributed by atoms with Crippen LogP contribution in [-0.2, 0) is 10.0 Å². The Bertz CT molecular complexity index is 865. The Hall–Kier alpha value is -2.38. The molecule has 0 bridgehead atoms. The lowest BCUT2D eigenvalue weighted by Gasteiger charge is -2.27. The van der Waals surface area contributed by atoms with Crippen LogP contribution in [0.3, 0.4) is 0 Å². The molecule has 2 aromatic carbocycles. The van der Waals surface area contributed by atoms with Crippen molar-refractivity contribution in [1.82, 2.24) is 10.6 Å². The predicted octanol–water partition coefficient (Wildman–Crippen LogP) is 1.85. The van der Waals surface area contributed by atoms with Crippen LogP contribution in [0.25, 0.3) is 0 Å². The number of anilines is 1. The van der Waals surface area contributed by atoms with E-state index in [1.165, 1.54) is 16.4 Å². The number of hydrogen-bond acceptors (Lipinski definition) is 4. The van der Waals surface area contributed by atoms with Gasteiger partial charge < -0.3 is 10.6 Å². The van der Waals surface area contributed by atoms with Crippen LogP contribution >= 0.6 is 0 Å². The number of amides is 1. The average Bonchev–Trinajstić information content (AvgIpc) is 2.61. The summed E-state index contributed by atoms with van der Waals surface area (Å²) in [5.74, 6) is 0.191. The topological polar surface area (TPSA) is 78.5 Å². The Balaban J connectivity index is 1.82. The van der Waals surface area contributed by atoms with Crippen LogP contribution in [0, 0.1) is 5.92 Å². The van der Waals surface area contributed by atoms with Crippen LogP contribution in [0.2, 0.25) is 0 Å². The van der Waals surface area contributed by atoms with Crippen LogP contribution in [0.4, 0.5) is 5.69 Å². The van der Waals surface area contributed by atoms with Crippen molar-refractivity contribution in [3.63, 3.8) is 0 Å². The van der Waals surface area contributed by atoms with Crippen LogP contribution < -0.4 is 14.9 Å². The maximum absolute atomic E-state index is 13.0. The SMILES string of the molecule is CCN(c1ccccc1)S(=O)(=O)c1cccc(C(=O)NCC2CNC2)c1. The van der Waals surface area contributed by atoms with Crippen molar-refractivity contribution >= 4 is 21.6 Å². The number of sulfonamides is 1. The molecule has 0 spiro atoms. The highest BCUT2D eigenvalue weighted by Crippen LogP contribution is 2.23. The Kier molecular flexibility index (Phi) is 5.58. The summed E-state index contributed by atoms with van der Waals surface area (Å²) in [6.45, 7) is 4.48. The molecule has 26 heavy (non-hydrogen) atoms. The standard InChI is InChI=1S/C19H23N3O3S/c1-2-22(17-8-4-3-5-9-17)26(24,25)18-10-6-7-16(11-18)19(23)21-14-15-12-20-13-15/h3-11,15,20H,2,12-14H2,1H3,(H,21,23). The number of carbonyl (C=O) groups excluding carboxylic acids is 1. The molecule has 0 unspecified atom stereocenters. The minimum Gasteiger partial charge on any atom is -0.352 e. The van der Waals surface area contributed by atoms with E-state index in [9.17, 15) is 13.2 Å². The summed E-state index contributed by atoms with van der Waals surface area (Å²) in [4.78, 5) is 12.4. The summed E-state index contributed by atoms with van der Waals surface area (Å²) in [5, 5.41) is 6.02. The molecular formula is C19H23N3O3S. The third-order valence-corrected chi connectivity index (χ3v) is 6.33. The molecule has 6 nitrogen and oxygen atoms in total. The highest BCUT2D eigenvalue weighted by molar-refractivity contribution is 7.92. The molecule has 3 rings (SSSR count). The highest BCUT2D eigenvalue weighted by atomic mass is 32.2. The van der Waals surface area contributed by atoms with Gasteiger partial charge in [0.05, 0.1) is 10.6 Å². The van der Waals surface area contributed by atoms with Gasteiger partial charge in [-0.1, -0.05) is 24.3 Å². The third-order valence-electron chi connectivity index (χ3n) is 4.43. The van der Waals surface area contributed by atoms with E-state index in [0.717, 1.165) is 13.1 Å². The van der Waals surface area contributed by atoms with Crippen molar-refractivity contribution in [3.05, 3.63) is 60.2 Å². The fraction of sp³-hybridized carbons (Fsp3) is 0.316. The number of nitrogens with one attached hydrogen (secondary N) is 2. The molecule has 0 aromatic heterocycles. The van der Waals surface area contributed by atoms with Crippen molar-refractivity contribution in [2.75, 3.05) is 30.5 Å². The summed E-state index contributed by atoms with van der Waals surface area (Å²) in [7, 11) is -3.74. The predicted molar refractivity (Wildman–Crippen MR) is 102 cm³/mol. The van der Waals surface area contributed by atoms with Gasteiger partial charge in [-0.2, -0.15) is 0 Å². The summed E-state index contributed by atoms with van der Waals surface area (Å²) in [6, 6.07) is 15.1. The molecule has 1 fully saturated rings. The summed E-state index contributed by atoms with van der Waals surface area (Å²) < 4.78 is 27.4. The number of para-hydroxylation sites is 1. The van der Waals surface area contributed by atoms with Gasteiger partial charge in [-0.25, -0.2) is 8.42 Å². The van der Waals surface area contributed by atoms with Crippen LogP contribution in [0.15, 0.2) is 59.5 Å². The molecule has 0 saturated carbocycles. The number of rotatable bonds is 7. The molecule has 1 amide bonds. The minimum atomic E-state index is -3.74. The molecule has 7 heteroatoms. The van der Waals surface area contributed by atoms with Crippen molar-refractivity contribution in [1.29, 1.82) is 0 Å². The molecule has 1 aliphatic heterocycles. The summed E-state index contributed by atoms with van der Waals surface area (Å²) in [6.07, 6.45) is 0. The molecular weight excluding hydrogens is 350 g/mol. The number of nitrogens with zero attached hydrogens (tertiary/aromatic N) is 1. The number of benzene rings is 2. The van der Waals surface area contributed by atoms with Crippen molar-refractivity contribution in [2.24, 2.45) is 5.92 Å². The van der Waals surface area contributed by atoms with Gasteiger partial charge in [0, 0.05) is 37.7 Å². The van der Waals surface area contributed by atoms with Gasteiger partial charge in [0.15, 0.2) is 0 Å². The summed E-state index contributed by atoms with van der Waals surface area (Å²) in [5.41, 5.74) is 0.949. The molecule has 0 aliphatic carbocycles. The van der Waals surface area contributed by atoms with Crippen molar-refractivity contribution < 1.29 is 13.2 Å². The Morgan fingerprint density at radius 1 is 1.15 bits per heavy atom.